The highest BCUT2D eigenvalue weighted by Crippen LogP contribution is 2.40. The summed E-state index contributed by atoms with van der Waals surface area (Å²) in [6.07, 6.45) is 2.05. The fraction of sp³-hybridized carbons (Fsp3) is 0.474. The standard InChI is InChI=1S/C19H22N4O2S/c1-11(15-21-17(22-25-15)19(2,3)4)26-18-20-14-8-6-5-7-13(14)16(24)23(18)12-9-10-12/h5-8,11-12H,9-10H2,1-4H3. The Balaban J connectivity index is 1.71. The summed E-state index contributed by atoms with van der Waals surface area (Å²) in [6.45, 7) is 8.16. The molecule has 1 unspecified atom stereocenters. The van der Waals surface area contributed by atoms with Crippen LogP contribution in [-0.4, -0.2) is 19.7 Å². The van der Waals surface area contributed by atoms with E-state index in [0.29, 0.717) is 17.1 Å². The molecule has 26 heavy (non-hydrogen) atoms. The van der Waals surface area contributed by atoms with Crippen LogP contribution < -0.4 is 5.56 Å². The van der Waals surface area contributed by atoms with Crippen LogP contribution in [0.25, 0.3) is 10.9 Å². The smallest absolute Gasteiger partial charge is 0.262 e. The predicted octanol–water partition coefficient (Wildman–Crippen LogP) is 4.27. The summed E-state index contributed by atoms with van der Waals surface area (Å²) in [5, 5.41) is 5.40. The van der Waals surface area contributed by atoms with Gasteiger partial charge in [-0.1, -0.05) is 49.8 Å². The van der Waals surface area contributed by atoms with Crippen molar-refractivity contribution in [1.29, 1.82) is 0 Å². The second-order valence-electron chi connectivity index (χ2n) is 7.78. The maximum absolute atomic E-state index is 12.9. The monoisotopic (exact) mass is 370 g/mol. The van der Waals surface area contributed by atoms with Crippen molar-refractivity contribution in [3.8, 4) is 0 Å². The summed E-state index contributed by atoms with van der Waals surface area (Å²) >= 11 is 1.50. The van der Waals surface area contributed by atoms with Crippen LogP contribution in [0, 0.1) is 0 Å². The Hall–Kier alpha value is -2.15. The summed E-state index contributed by atoms with van der Waals surface area (Å²) in [4.78, 5) is 22.2. The zero-order chi connectivity index (χ0) is 18.5. The van der Waals surface area contributed by atoms with Crippen LogP contribution in [0.15, 0.2) is 38.7 Å². The highest BCUT2D eigenvalue weighted by molar-refractivity contribution is 7.99. The van der Waals surface area contributed by atoms with Crippen molar-refractivity contribution < 1.29 is 4.52 Å². The number of thioether (sulfide) groups is 1. The molecule has 1 saturated carbocycles. The summed E-state index contributed by atoms with van der Waals surface area (Å²) in [5.41, 5.74) is 0.599. The van der Waals surface area contributed by atoms with E-state index in [0.717, 1.165) is 23.5 Å². The van der Waals surface area contributed by atoms with Gasteiger partial charge >= 0.3 is 0 Å². The zero-order valence-corrected chi connectivity index (χ0v) is 16.2. The second-order valence-corrected chi connectivity index (χ2v) is 9.09. The molecule has 0 amide bonds. The molecular weight excluding hydrogens is 348 g/mol. The molecule has 7 heteroatoms. The van der Waals surface area contributed by atoms with Crippen LogP contribution in [-0.2, 0) is 5.41 Å². The molecule has 0 bridgehead atoms. The van der Waals surface area contributed by atoms with Gasteiger partial charge in [0, 0.05) is 11.5 Å². The van der Waals surface area contributed by atoms with Gasteiger partial charge in [0.05, 0.1) is 16.2 Å². The van der Waals surface area contributed by atoms with Gasteiger partial charge in [0.2, 0.25) is 5.89 Å². The predicted molar refractivity (Wildman–Crippen MR) is 102 cm³/mol. The van der Waals surface area contributed by atoms with Crippen molar-refractivity contribution in [2.45, 2.75) is 62.4 Å². The lowest BCUT2D eigenvalue weighted by molar-refractivity contribution is 0.364. The zero-order valence-electron chi connectivity index (χ0n) is 15.4. The highest BCUT2D eigenvalue weighted by Gasteiger charge is 2.30. The molecule has 0 aliphatic heterocycles. The van der Waals surface area contributed by atoms with Crippen LogP contribution in [0.2, 0.25) is 0 Å². The van der Waals surface area contributed by atoms with E-state index in [1.165, 1.54) is 11.8 Å². The third-order valence-corrected chi connectivity index (χ3v) is 5.48. The van der Waals surface area contributed by atoms with Crippen LogP contribution >= 0.6 is 11.8 Å². The van der Waals surface area contributed by atoms with Gasteiger partial charge < -0.3 is 4.52 Å². The van der Waals surface area contributed by atoms with Gasteiger partial charge in [0.1, 0.15) is 0 Å². The third-order valence-electron chi connectivity index (χ3n) is 4.43. The highest BCUT2D eigenvalue weighted by atomic mass is 32.2. The van der Waals surface area contributed by atoms with E-state index < -0.39 is 0 Å². The topological polar surface area (TPSA) is 73.8 Å². The van der Waals surface area contributed by atoms with Gasteiger partial charge in [-0.2, -0.15) is 4.98 Å². The number of rotatable bonds is 4. The minimum Gasteiger partial charge on any atom is -0.338 e. The van der Waals surface area contributed by atoms with E-state index in [1.54, 1.807) is 0 Å². The van der Waals surface area contributed by atoms with Crippen molar-refractivity contribution >= 4 is 22.7 Å². The number of fused-ring (bicyclic) bond motifs is 1. The first-order valence-corrected chi connectivity index (χ1v) is 9.74. The summed E-state index contributed by atoms with van der Waals surface area (Å²) in [7, 11) is 0. The summed E-state index contributed by atoms with van der Waals surface area (Å²) in [6, 6.07) is 7.76. The fourth-order valence-electron chi connectivity index (χ4n) is 2.78. The van der Waals surface area contributed by atoms with E-state index >= 15 is 0 Å². The molecule has 0 radical (unpaired) electrons. The lowest BCUT2D eigenvalue weighted by Crippen LogP contribution is -2.22. The molecule has 2 aromatic heterocycles. The van der Waals surface area contributed by atoms with Gasteiger partial charge in [-0.05, 0) is 31.9 Å². The molecule has 1 aliphatic rings. The van der Waals surface area contributed by atoms with Gasteiger partial charge in [0.25, 0.3) is 5.56 Å². The van der Waals surface area contributed by atoms with E-state index in [9.17, 15) is 4.79 Å². The average molecular weight is 370 g/mol. The third kappa shape index (κ3) is 3.16. The molecule has 3 aromatic rings. The van der Waals surface area contributed by atoms with Crippen molar-refractivity contribution in [1.82, 2.24) is 19.7 Å². The SMILES string of the molecule is CC(Sc1nc2ccccc2c(=O)n1C1CC1)c1nc(C(C)(C)C)no1. The van der Waals surface area contributed by atoms with Gasteiger partial charge in [-0.25, -0.2) is 4.98 Å². The van der Waals surface area contributed by atoms with Crippen molar-refractivity contribution in [2.75, 3.05) is 0 Å². The summed E-state index contributed by atoms with van der Waals surface area (Å²) in [5.74, 6) is 1.25. The minimum atomic E-state index is -0.163. The first kappa shape index (κ1) is 17.3. The Morgan fingerprint density at radius 1 is 1.23 bits per heavy atom. The van der Waals surface area contributed by atoms with Crippen molar-refractivity contribution in [3.63, 3.8) is 0 Å². The van der Waals surface area contributed by atoms with Crippen LogP contribution in [0.3, 0.4) is 0 Å². The first-order valence-electron chi connectivity index (χ1n) is 8.86. The van der Waals surface area contributed by atoms with Gasteiger partial charge in [-0.15, -0.1) is 0 Å². The second kappa shape index (κ2) is 6.23. The Kier molecular flexibility index (Phi) is 4.14. The normalized spacial score (nSPS) is 16.2. The minimum absolute atomic E-state index is 0.0358. The maximum Gasteiger partial charge on any atom is 0.262 e. The Labute approximate surface area is 156 Å². The number of nitrogens with zero attached hydrogens (tertiary/aromatic N) is 4. The van der Waals surface area contributed by atoms with Crippen LogP contribution in [0.1, 0.15) is 63.5 Å². The lowest BCUT2D eigenvalue weighted by Gasteiger charge is -2.14. The molecule has 1 atom stereocenters. The van der Waals surface area contributed by atoms with Crippen LogP contribution in [0.5, 0.6) is 0 Å². The number of benzene rings is 1. The Morgan fingerprint density at radius 2 is 1.96 bits per heavy atom. The molecule has 1 aliphatic carbocycles. The number of hydrogen-bond donors (Lipinski definition) is 0. The molecule has 0 spiro atoms. The lowest BCUT2D eigenvalue weighted by atomic mass is 9.96. The molecule has 1 aromatic carbocycles. The Morgan fingerprint density at radius 3 is 2.62 bits per heavy atom. The molecule has 2 heterocycles. The van der Waals surface area contributed by atoms with Gasteiger partial charge in [-0.3, -0.25) is 9.36 Å². The van der Waals surface area contributed by atoms with Crippen molar-refractivity contribution in [2.24, 2.45) is 0 Å². The molecule has 0 saturated heterocycles. The summed E-state index contributed by atoms with van der Waals surface area (Å²) < 4.78 is 7.30. The van der Waals surface area contributed by atoms with E-state index in [2.05, 4.69) is 30.9 Å². The fourth-order valence-corrected chi connectivity index (χ4v) is 3.79. The number of para-hydroxylation sites is 1. The van der Waals surface area contributed by atoms with E-state index in [-0.39, 0.29) is 22.3 Å². The Bertz CT molecular complexity index is 1010. The molecule has 0 N–H and O–H groups in total. The maximum atomic E-state index is 12.9. The van der Waals surface area contributed by atoms with E-state index in [4.69, 9.17) is 9.51 Å². The number of hydrogen-bond acceptors (Lipinski definition) is 6. The molecule has 6 nitrogen and oxygen atoms in total. The van der Waals surface area contributed by atoms with Crippen LogP contribution in [0.4, 0.5) is 0 Å². The molecule has 136 valence electrons. The quantitative estimate of drug-likeness (QED) is 0.504. The number of aromatic nitrogens is 4. The van der Waals surface area contributed by atoms with Gasteiger partial charge in [0.15, 0.2) is 11.0 Å². The van der Waals surface area contributed by atoms with Crippen molar-refractivity contribution in [3.05, 3.63) is 46.3 Å². The molecule has 4 rings (SSSR count). The largest absolute Gasteiger partial charge is 0.338 e. The van der Waals surface area contributed by atoms with E-state index in [1.807, 2.05) is 35.8 Å². The molecule has 1 fully saturated rings. The first-order chi connectivity index (χ1) is 12.3. The molecular formula is C19H22N4O2S. The average Bonchev–Trinajstić information content (AvgIpc) is 3.27.